The molecule has 0 saturated heterocycles. The zero-order chi connectivity index (χ0) is 22.4. The molecule has 0 spiro atoms. The molecule has 8 atom stereocenters. The van der Waals surface area contributed by atoms with Crippen LogP contribution in [0.15, 0.2) is 23.3 Å². The average Bonchev–Trinajstić information content (AvgIpc) is 3.09. The van der Waals surface area contributed by atoms with E-state index in [0.29, 0.717) is 23.7 Å². The molecule has 2 heteroatoms. The van der Waals surface area contributed by atoms with Gasteiger partial charge in [0.15, 0.2) is 0 Å². The Bertz CT molecular complexity index is 704. The fraction of sp³-hybridized carbons (Fsp3) is 0.862. The Kier molecular flexibility index (Phi) is 6.82. The van der Waals surface area contributed by atoms with Gasteiger partial charge in [0, 0.05) is 11.8 Å². The van der Waals surface area contributed by atoms with Crippen LogP contribution in [0.3, 0.4) is 0 Å². The molecule has 4 rings (SSSR count). The molecule has 3 saturated carbocycles. The van der Waals surface area contributed by atoms with Crippen molar-refractivity contribution in [2.24, 2.45) is 40.4 Å². The minimum atomic E-state index is -0.415. The van der Waals surface area contributed by atoms with E-state index in [0.717, 1.165) is 24.2 Å². The lowest BCUT2D eigenvalue weighted by Crippen LogP contribution is -2.52. The molecule has 0 aromatic heterocycles. The van der Waals surface area contributed by atoms with Crippen molar-refractivity contribution in [3.8, 4) is 0 Å². The van der Waals surface area contributed by atoms with Crippen molar-refractivity contribution in [2.45, 2.75) is 117 Å². The van der Waals surface area contributed by atoms with Crippen LogP contribution in [0.2, 0.25) is 0 Å². The lowest BCUT2D eigenvalue weighted by Gasteiger charge is -2.56. The van der Waals surface area contributed by atoms with E-state index >= 15 is 0 Å². The molecule has 176 valence electrons. The molecule has 0 aliphatic heterocycles. The van der Waals surface area contributed by atoms with Crippen LogP contribution in [0, 0.1) is 40.4 Å². The van der Waals surface area contributed by atoms with Crippen molar-refractivity contribution in [1.29, 1.82) is 0 Å². The number of aliphatic hydroxyl groups excluding tert-OH is 2. The maximum atomic E-state index is 11.1. The Balaban J connectivity index is 1.49. The third kappa shape index (κ3) is 3.88. The third-order valence-corrected chi connectivity index (χ3v) is 10.8. The van der Waals surface area contributed by atoms with E-state index in [-0.39, 0.29) is 11.5 Å². The van der Waals surface area contributed by atoms with Gasteiger partial charge in [0.05, 0.1) is 12.2 Å². The predicted octanol–water partition coefficient (Wildman–Crippen LogP) is 7.06. The smallest absolute Gasteiger partial charge is 0.0661 e. The van der Waals surface area contributed by atoms with Gasteiger partial charge in [-0.05, 0) is 67.1 Å². The zero-order valence-electron chi connectivity index (χ0n) is 20.9. The topological polar surface area (TPSA) is 40.5 Å². The number of aliphatic hydroxyl groups is 2. The number of rotatable bonds is 7. The van der Waals surface area contributed by atoms with Gasteiger partial charge >= 0.3 is 0 Å². The monoisotopic (exact) mass is 428 g/mol. The average molecular weight is 429 g/mol. The molecule has 3 fully saturated rings. The van der Waals surface area contributed by atoms with E-state index in [1.807, 2.05) is 0 Å². The van der Waals surface area contributed by atoms with Crippen molar-refractivity contribution >= 4 is 0 Å². The van der Waals surface area contributed by atoms with Crippen molar-refractivity contribution in [1.82, 2.24) is 0 Å². The van der Waals surface area contributed by atoms with Crippen LogP contribution >= 0.6 is 0 Å². The quantitative estimate of drug-likeness (QED) is 0.455. The highest BCUT2D eigenvalue weighted by molar-refractivity contribution is 5.40. The highest BCUT2D eigenvalue weighted by atomic mass is 16.3. The predicted molar refractivity (Wildman–Crippen MR) is 130 cm³/mol. The van der Waals surface area contributed by atoms with Crippen molar-refractivity contribution in [3.05, 3.63) is 23.3 Å². The second kappa shape index (κ2) is 8.98. The van der Waals surface area contributed by atoms with Crippen LogP contribution in [-0.4, -0.2) is 22.4 Å². The van der Waals surface area contributed by atoms with E-state index in [9.17, 15) is 10.2 Å². The van der Waals surface area contributed by atoms with Crippen LogP contribution in [0.5, 0.6) is 0 Å². The summed E-state index contributed by atoms with van der Waals surface area (Å²) < 4.78 is 0. The summed E-state index contributed by atoms with van der Waals surface area (Å²) in [4.78, 5) is 0. The maximum Gasteiger partial charge on any atom is 0.0661 e. The lowest BCUT2D eigenvalue weighted by atomic mass is 9.49. The molecular weight excluding hydrogens is 380 g/mol. The van der Waals surface area contributed by atoms with Crippen LogP contribution < -0.4 is 0 Å². The Hall–Kier alpha value is -0.600. The zero-order valence-corrected chi connectivity index (χ0v) is 20.9. The summed E-state index contributed by atoms with van der Waals surface area (Å²) in [6, 6.07) is 0. The minimum absolute atomic E-state index is 0.163. The molecule has 0 unspecified atom stereocenters. The number of hydrogen-bond acceptors (Lipinski definition) is 2. The van der Waals surface area contributed by atoms with Crippen LogP contribution in [0.1, 0.15) is 105 Å². The first kappa shape index (κ1) is 23.6. The molecular formula is C29H48O2. The third-order valence-electron chi connectivity index (χ3n) is 10.8. The first-order valence-electron chi connectivity index (χ1n) is 13.5. The standard InChI is InChI=1S/C29H48O2/c1-6-20(7-2)10-8-9-19(3)24-13-14-25-23-12-11-21-17-22(30)18-27(31)29(21,5)26(23)15-16-28(24,25)4/h11-12,19-20,22,24-27,30-31H,6-10,13-18H2,1-5H3/t19-,22-,24-,25+,26+,27+,28-,29+/m1/s1. The molecule has 2 nitrogen and oxygen atoms in total. The van der Waals surface area contributed by atoms with Gasteiger partial charge in [-0.15, -0.1) is 0 Å². The number of hydrogen-bond donors (Lipinski definition) is 2. The van der Waals surface area contributed by atoms with Gasteiger partial charge in [0.1, 0.15) is 0 Å². The van der Waals surface area contributed by atoms with Crippen molar-refractivity contribution in [2.75, 3.05) is 0 Å². The van der Waals surface area contributed by atoms with Gasteiger partial charge < -0.3 is 10.2 Å². The molecule has 0 bridgehead atoms. The van der Waals surface area contributed by atoms with Gasteiger partial charge in [-0.2, -0.15) is 0 Å². The van der Waals surface area contributed by atoms with Crippen molar-refractivity contribution < 1.29 is 10.2 Å². The molecule has 0 aromatic rings. The Morgan fingerprint density at radius 2 is 1.74 bits per heavy atom. The molecule has 0 heterocycles. The van der Waals surface area contributed by atoms with E-state index < -0.39 is 6.10 Å². The maximum absolute atomic E-state index is 11.1. The molecule has 4 aliphatic rings. The second-order valence-corrected chi connectivity index (χ2v) is 12.2. The van der Waals surface area contributed by atoms with Crippen LogP contribution in [-0.2, 0) is 0 Å². The van der Waals surface area contributed by atoms with E-state index in [2.05, 4.69) is 46.8 Å². The Labute approximate surface area is 191 Å². The molecule has 0 aromatic carbocycles. The van der Waals surface area contributed by atoms with E-state index in [4.69, 9.17) is 0 Å². The van der Waals surface area contributed by atoms with E-state index in [1.54, 1.807) is 5.57 Å². The fourth-order valence-electron chi connectivity index (χ4n) is 8.65. The SMILES string of the molecule is CCC(CC)CCC[C@@H](C)[C@H]1CC[C@H]2C3=CC=C4C[C@@H](O)C[C@H](O)[C@]4(C)[C@H]3CC[C@]12C. The summed E-state index contributed by atoms with van der Waals surface area (Å²) in [7, 11) is 0. The Morgan fingerprint density at radius 1 is 1.00 bits per heavy atom. The minimum Gasteiger partial charge on any atom is -0.393 e. The van der Waals surface area contributed by atoms with E-state index in [1.165, 1.54) is 63.4 Å². The van der Waals surface area contributed by atoms with Gasteiger partial charge in [0.2, 0.25) is 0 Å². The molecule has 0 radical (unpaired) electrons. The Morgan fingerprint density at radius 3 is 2.45 bits per heavy atom. The first-order chi connectivity index (χ1) is 14.8. The molecule has 2 N–H and O–H groups in total. The summed E-state index contributed by atoms with van der Waals surface area (Å²) in [5, 5.41) is 21.3. The normalized spacial score (nSPS) is 43.0. The highest BCUT2D eigenvalue weighted by Crippen LogP contribution is 2.66. The summed E-state index contributed by atoms with van der Waals surface area (Å²) in [6.07, 6.45) is 17.3. The largest absolute Gasteiger partial charge is 0.393 e. The molecule has 31 heavy (non-hydrogen) atoms. The first-order valence-corrected chi connectivity index (χ1v) is 13.5. The van der Waals surface area contributed by atoms with Gasteiger partial charge in [0.25, 0.3) is 0 Å². The van der Waals surface area contributed by atoms with Crippen molar-refractivity contribution in [3.63, 3.8) is 0 Å². The molecule has 0 amide bonds. The molecule has 4 aliphatic carbocycles. The summed E-state index contributed by atoms with van der Waals surface area (Å²) in [5.74, 6) is 3.74. The number of allylic oxidation sites excluding steroid dienone is 3. The lowest BCUT2D eigenvalue weighted by molar-refractivity contribution is -0.0544. The van der Waals surface area contributed by atoms with Gasteiger partial charge in [-0.3, -0.25) is 0 Å². The van der Waals surface area contributed by atoms with Gasteiger partial charge in [-0.25, -0.2) is 0 Å². The second-order valence-electron chi connectivity index (χ2n) is 12.2. The fourth-order valence-corrected chi connectivity index (χ4v) is 8.65. The summed E-state index contributed by atoms with van der Waals surface area (Å²) in [5.41, 5.74) is 3.20. The number of fused-ring (bicyclic) bond motifs is 5. The highest BCUT2D eigenvalue weighted by Gasteiger charge is 2.58. The van der Waals surface area contributed by atoms with Crippen LogP contribution in [0.4, 0.5) is 0 Å². The van der Waals surface area contributed by atoms with Gasteiger partial charge in [-0.1, -0.05) is 90.0 Å². The summed E-state index contributed by atoms with van der Waals surface area (Å²) in [6.45, 7) is 12.1. The summed E-state index contributed by atoms with van der Waals surface area (Å²) >= 11 is 0. The van der Waals surface area contributed by atoms with Crippen LogP contribution in [0.25, 0.3) is 0 Å².